The van der Waals surface area contributed by atoms with E-state index in [4.69, 9.17) is 14.5 Å². The third-order valence-corrected chi connectivity index (χ3v) is 8.25. The molecule has 0 bridgehead atoms. The summed E-state index contributed by atoms with van der Waals surface area (Å²) in [7, 11) is 1.69. The predicted molar refractivity (Wildman–Crippen MR) is 147 cm³/mol. The molecule has 4 aliphatic rings. The van der Waals surface area contributed by atoms with Crippen LogP contribution in [-0.4, -0.2) is 71.2 Å². The van der Waals surface area contributed by atoms with Crippen molar-refractivity contribution >= 4 is 28.3 Å². The fourth-order valence-corrected chi connectivity index (χ4v) is 5.67. The number of allylic oxidation sites excluding steroid dienone is 2. The van der Waals surface area contributed by atoms with Crippen LogP contribution in [0.1, 0.15) is 51.3 Å². The number of ether oxygens (including phenoxy) is 2. The lowest BCUT2D eigenvalue weighted by Gasteiger charge is -2.34. The van der Waals surface area contributed by atoms with Crippen LogP contribution in [0.2, 0.25) is 0 Å². The molecule has 1 saturated heterocycles. The van der Waals surface area contributed by atoms with E-state index in [1.54, 1.807) is 7.11 Å². The van der Waals surface area contributed by atoms with E-state index in [2.05, 4.69) is 16.0 Å². The van der Waals surface area contributed by atoms with Crippen LogP contribution >= 0.6 is 0 Å². The summed E-state index contributed by atoms with van der Waals surface area (Å²) in [5, 5.41) is 0.646. The molecule has 0 radical (unpaired) electrons. The van der Waals surface area contributed by atoms with Crippen LogP contribution in [0.25, 0.3) is 10.9 Å². The van der Waals surface area contributed by atoms with Crippen LogP contribution in [0.5, 0.6) is 0 Å². The van der Waals surface area contributed by atoms with Gasteiger partial charge < -0.3 is 19.3 Å². The predicted octanol–water partition coefficient (Wildman–Crippen LogP) is 3.38. The molecule has 0 spiro atoms. The van der Waals surface area contributed by atoms with Gasteiger partial charge in [-0.2, -0.15) is 4.99 Å². The van der Waals surface area contributed by atoms with Gasteiger partial charge in [-0.3, -0.25) is 14.2 Å². The summed E-state index contributed by atoms with van der Waals surface area (Å²) in [6.45, 7) is 7.07. The maximum atomic E-state index is 13.8. The van der Waals surface area contributed by atoms with Crippen LogP contribution in [0.3, 0.4) is 0 Å². The summed E-state index contributed by atoms with van der Waals surface area (Å²) in [5.74, 6) is 1.75. The first-order chi connectivity index (χ1) is 18.3. The van der Waals surface area contributed by atoms with Crippen molar-refractivity contribution in [2.45, 2.75) is 63.6 Å². The number of carbonyl (C=O) groups excluding carboxylic acids is 1. The first kappa shape index (κ1) is 25.0. The lowest BCUT2D eigenvalue weighted by atomic mass is 9.84. The molecule has 0 unspecified atom stereocenters. The molecule has 2 aromatic rings. The summed E-state index contributed by atoms with van der Waals surface area (Å²) in [5.41, 5.74) is 2.21. The van der Waals surface area contributed by atoms with Crippen molar-refractivity contribution in [1.82, 2.24) is 14.5 Å². The van der Waals surface area contributed by atoms with Gasteiger partial charge in [-0.25, -0.2) is 4.98 Å². The van der Waals surface area contributed by atoms with Crippen molar-refractivity contribution in [3.05, 3.63) is 58.3 Å². The number of amidine groups is 1. The average molecular weight is 518 g/mol. The first-order valence-corrected chi connectivity index (χ1v) is 13.6. The second-order valence-electron chi connectivity index (χ2n) is 11.1. The third kappa shape index (κ3) is 4.37. The molecular formula is C29H35N5O4. The van der Waals surface area contributed by atoms with Gasteiger partial charge in [0.05, 0.1) is 30.2 Å². The van der Waals surface area contributed by atoms with Crippen LogP contribution < -0.4 is 10.5 Å². The van der Waals surface area contributed by atoms with Gasteiger partial charge in [-0.1, -0.05) is 12.5 Å². The molecule has 1 aromatic carbocycles. The zero-order valence-corrected chi connectivity index (χ0v) is 22.4. The Morgan fingerprint density at radius 1 is 1.18 bits per heavy atom. The minimum absolute atomic E-state index is 0.0157. The van der Waals surface area contributed by atoms with Crippen molar-refractivity contribution < 1.29 is 14.3 Å². The second-order valence-corrected chi connectivity index (χ2v) is 11.1. The largest absolute Gasteiger partial charge is 0.382 e. The fourth-order valence-electron chi connectivity index (χ4n) is 5.67. The zero-order chi connectivity index (χ0) is 26.4. The normalized spacial score (nSPS) is 22.9. The second kappa shape index (κ2) is 9.78. The molecule has 200 valence electrons. The van der Waals surface area contributed by atoms with Gasteiger partial charge in [0.25, 0.3) is 11.5 Å². The van der Waals surface area contributed by atoms with Gasteiger partial charge in [0.2, 0.25) is 0 Å². The molecule has 3 aliphatic heterocycles. The molecule has 0 N–H and O–H groups in total. The molecule has 4 heterocycles. The number of benzene rings is 1. The number of anilines is 1. The molecule has 6 rings (SSSR count). The number of aromatic nitrogens is 2. The van der Waals surface area contributed by atoms with Gasteiger partial charge >= 0.3 is 0 Å². The quantitative estimate of drug-likeness (QED) is 0.556. The molecule has 1 amide bonds. The molecule has 38 heavy (non-hydrogen) atoms. The van der Waals surface area contributed by atoms with Gasteiger partial charge in [-0.15, -0.1) is 0 Å². The van der Waals surface area contributed by atoms with Crippen LogP contribution in [0.4, 0.5) is 5.69 Å². The number of methoxy groups -OCH3 is 1. The number of amides is 1. The van der Waals surface area contributed by atoms with E-state index in [-0.39, 0.29) is 17.6 Å². The molecule has 2 fully saturated rings. The first-order valence-electron chi connectivity index (χ1n) is 13.6. The van der Waals surface area contributed by atoms with Crippen molar-refractivity contribution in [2.24, 2.45) is 4.99 Å². The molecule has 1 aliphatic carbocycles. The number of rotatable bonds is 7. The number of hydrogen-bond donors (Lipinski definition) is 0. The van der Waals surface area contributed by atoms with Crippen molar-refractivity contribution in [1.29, 1.82) is 0 Å². The SMILES string of the molecule is COC[C@H]1CN(c2ccc3c(=O)n(CCC4=CN5C(=NC(=O)C5(C)C)C=C4)c(C4CCC4)nc3c2)CCO1. The van der Waals surface area contributed by atoms with Crippen molar-refractivity contribution in [2.75, 3.05) is 38.3 Å². The standard InChI is InChI=1S/C29H35N5O4/c1-29(2)28(36)31-25-10-7-19(16-34(25)29)11-12-33-26(20-5-4-6-20)30-24-15-21(8-9-23(24)27(33)35)32-13-14-38-22(17-32)18-37-3/h7-10,15-16,20,22H,4-6,11-14,17-18H2,1-3H3/t22-/m1/s1. The van der Waals surface area contributed by atoms with Gasteiger partial charge in [-0.05, 0) is 63.0 Å². The number of carbonyl (C=O) groups is 1. The van der Waals surface area contributed by atoms with E-state index < -0.39 is 5.54 Å². The highest BCUT2D eigenvalue weighted by atomic mass is 16.5. The number of aliphatic imine (C=N–C) groups is 1. The Bertz CT molecular complexity index is 1420. The lowest BCUT2D eigenvalue weighted by Crippen LogP contribution is -2.44. The summed E-state index contributed by atoms with van der Waals surface area (Å²) in [6, 6.07) is 5.99. The van der Waals surface area contributed by atoms with E-state index in [1.165, 1.54) is 6.42 Å². The monoisotopic (exact) mass is 517 g/mol. The Labute approximate surface area is 222 Å². The molecular weight excluding hydrogens is 482 g/mol. The number of nitrogens with zero attached hydrogens (tertiary/aromatic N) is 5. The summed E-state index contributed by atoms with van der Waals surface area (Å²) in [4.78, 5) is 39.5. The summed E-state index contributed by atoms with van der Waals surface area (Å²) >= 11 is 0. The minimum atomic E-state index is -0.689. The molecule has 1 atom stereocenters. The molecule has 1 aromatic heterocycles. The van der Waals surface area contributed by atoms with E-state index in [0.717, 1.165) is 48.5 Å². The van der Waals surface area contributed by atoms with Crippen molar-refractivity contribution in [3.8, 4) is 0 Å². The Kier molecular flexibility index (Phi) is 6.44. The maximum Gasteiger partial charge on any atom is 0.273 e. The van der Waals surface area contributed by atoms with Crippen LogP contribution in [-0.2, 0) is 20.8 Å². The lowest BCUT2D eigenvalue weighted by molar-refractivity contribution is -0.123. The molecule has 9 heteroatoms. The summed E-state index contributed by atoms with van der Waals surface area (Å²) < 4.78 is 13.0. The van der Waals surface area contributed by atoms with E-state index >= 15 is 0 Å². The highest BCUT2D eigenvalue weighted by Crippen LogP contribution is 2.36. The third-order valence-electron chi connectivity index (χ3n) is 8.25. The Balaban J connectivity index is 1.29. The van der Waals surface area contributed by atoms with E-state index in [0.29, 0.717) is 43.3 Å². The van der Waals surface area contributed by atoms with E-state index in [1.807, 2.05) is 53.8 Å². The maximum absolute atomic E-state index is 13.8. The van der Waals surface area contributed by atoms with Gasteiger partial charge in [0.15, 0.2) is 0 Å². The molecule has 9 nitrogen and oxygen atoms in total. The number of fused-ring (bicyclic) bond motifs is 2. The molecule has 1 saturated carbocycles. The fraction of sp³-hybridized carbons (Fsp3) is 0.517. The average Bonchev–Trinajstić information content (AvgIpc) is 3.10. The smallest absolute Gasteiger partial charge is 0.273 e. The topological polar surface area (TPSA) is 89.3 Å². The van der Waals surface area contributed by atoms with Gasteiger partial charge in [0, 0.05) is 44.5 Å². The highest BCUT2D eigenvalue weighted by Gasteiger charge is 2.41. The van der Waals surface area contributed by atoms with Crippen LogP contribution in [0.15, 0.2) is 51.9 Å². The highest BCUT2D eigenvalue weighted by molar-refractivity contribution is 6.11. The Morgan fingerprint density at radius 3 is 2.79 bits per heavy atom. The van der Waals surface area contributed by atoms with Crippen molar-refractivity contribution in [3.63, 3.8) is 0 Å². The summed E-state index contributed by atoms with van der Waals surface area (Å²) in [6.07, 6.45) is 9.88. The van der Waals surface area contributed by atoms with E-state index in [9.17, 15) is 9.59 Å². The number of morpholine rings is 1. The van der Waals surface area contributed by atoms with Crippen LogP contribution in [0, 0.1) is 0 Å². The minimum Gasteiger partial charge on any atom is -0.382 e. The Hall–Kier alpha value is -3.30. The Morgan fingerprint density at radius 2 is 2.03 bits per heavy atom. The number of hydrogen-bond acceptors (Lipinski definition) is 7. The van der Waals surface area contributed by atoms with Gasteiger partial charge in [0.1, 0.15) is 17.2 Å². The zero-order valence-electron chi connectivity index (χ0n) is 22.4.